The molecule has 1 rings (SSSR count). The van der Waals surface area contributed by atoms with Gasteiger partial charge in [0, 0.05) is 13.1 Å². The Hall–Kier alpha value is -1.42. The molecule has 1 aromatic carbocycles. The number of aliphatic hydroxyl groups is 1. The van der Waals surface area contributed by atoms with Crippen LogP contribution in [0, 0.1) is 11.3 Å². The highest BCUT2D eigenvalue weighted by atomic mass is 32.2. The summed E-state index contributed by atoms with van der Waals surface area (Å²) in [6, 6.07) is 7.67. The smallest absolute Gasteiger partial charge is 0.243 e. The molecule has 0 fully saturated rings. The topological polar surface area (TPSA) is 81.4 Å². The molecule has 2 unspecified atom stereocenters. The Morgan fingerprint density at radius 1 is 1.32 bits per heavy atom. The van der Waals surface area contributed by atoms with Gasteiger partial charge in [0.15, 0.2) is 0 Å². The average molecular weight is 282 g/mol. The lowest BCUT2D eigenvalue weighted by Crippen LogP contribution is -2.34. The fraction of sp³-hybridized carbons (Fsp3) is 0.462. The molecule has 0 aliphatic rings. The van der Waals surface area contributed by atoms with Gasteiger partial charge in [0.2, 0.25) is 10.0 Å². The summed E-state index contributed by atoms with van der Waals surface area (Å²) in [5.74, 6) is 0. The Balaban J connectivity index is 3.04. The second kappa shape index (κ2) is 6.15. The van der Waals surface area contributed by atoms with E-state index in [9.17, 15) is 13.5 Å². The zero-order chi connectivity index (χ0) is 14.6. The highest BCUT2D eigenvalue weighted by Gasteiger charge is 2.25. The summed E-state index contributed by atoms with van der Waals surface area (Å²) in [7, 11) is -2.14. The molecule has 0 aromatic heterocycles. The van der Waals surface area contributed by atoms with Crippen molar-refractivity contribution in [1.29, 1.82) is 5.26 Å². The lowest BCUT2D eigenvalue weighted by Gasteiger charge is -2.22. The first kappa shape index (κ1) is 15.6. The number of nitriles is 1. The molecule has 0 bridgehead atoms. The van der Waals surface area contributed by atoms with Crippen molar-refractivity contribution in [2.45, 2.75) is 37.3 Å². The van der Waals surface area contributed by atoms with Crippen molar-refractivity contribution in [2.75, 3.05) is 7.05 Å². The minimum Gasteiger partial charge on any atom is -0.389 e. The van der Waals surface area contributed by atoms with Crippen LogP contribution in [0.25, 0.3) is 0 Å². The fourth-order valence-electron chi connectivity index (χ4n) is 1.58. The van der Waals surface area contributed by atoms with E-state index in [1.54, 1.807) is 26.0 Å². The van der Waals surface area contributed by atoms with Crippen molar-refractivity contribution in [3.8, 4) is 6.07 Å². The Kier molecular flexibility index (Phi) is 5.06. The lowest BCUT2D eigenvalue weighted by molar-refractivity contribution is 0.199. The number of benzene rings is 1. The van der Waals surface area contributed by atoms with Gasteiger partial charge in [-0.2, -0.15) is 9.57 Å². The van der Waals surface area contributed by atoms with Gasteiger partial charge < -0.3 is 5.11 Å². The van der Waals surface area contributed by atoms with Gasteiger partial charge in [-0.05, 0) is 31.5 Å². The maximum Gasteiger partial charge on any atom is 0.243 e. The van der Waals surface area contributed by atoms with Crippen molar-refractivity contribution in [2.24, 2.45) is 0 Å². The van der Waals surface area contributed by atoms with Crippen LogP contribution in [0.2, 0.25) is 0 Å². The van der Waals surface area contributed by atoms with Crippen LogP contribution in [0.5, 0.6) is 0 Å². The Morgan fingerprint density at radius 2 is 1.84 bits per heavy atom. The summed E-state index contributed by atoms with van der Waals surface area (Å²) >= 11 is 0. The van der Waals surface area contributed by atoms with E-state index in [0.29, 0.717) is 5.56 Å². The van der Waals surface area contributed by atoms with Gasteiger partial charge in [-0.25, -0.2) is 8.42 Å². The molecule has 0 spiro atoms. The largest absolute Gasteiger partial charge is 0.389 e. The van der Waals surface area contributed by atoms with Gasteiger partial charge in [-0.1, -0.05) is 12.1 Å². The first-order valence-electron chi connectivity index (χ1n) is 5.93. The van der Waals surface area contributed by atoms with E-state index < -0.39 is 16.1 Å². The second-order valence-electron chi connectivity index (χ2n) is 4.48. The van der Waals surface area contributed by atoms with E-state index in [4.69, 9.17) is 5.26 Å². The molecule has 0 heterocycles. The molecular weight excluding hydrogens is 264 g/mol. The SMILES string of the molecule is CC(O)c1ccc(S(=O)(=O)N(C)C(C)CC#N)cc1. The summed E-state index contributed by atoms with van der Waals surface area (Å²) in [5, 5.41) is 18.0. The Bertz CT molecular complexity index is 559. The maximum atomic E-state index is 12.3. The van der Waals surface area contributed by atoms with E-state index in [-0.39, 0.29) is 17.4 Å². The number of aliphatic hydroxyl groups excluding tert-OH is 1. The van der Waals surface area contributed by atoms with E-state index in [1.807, 2.05) is 6.07 Å². The van der Waals surface area contributed by atoms with Crippen molar-refractivity contribution in [3.63, 3.8) is 0 Å². The molecule has 5 nitrogen and oxygen atoms in total. The molecule has 6 heteroatoms. The van der Waals surface area contributed by atoms with E-state index in [1.165, 1.54) is 23.5 Å². The van der Waals surface area contributed by atoms with Crippen LogP contribution in [0.3, 0.4) is 0 Å². The third kappa shape index (κ3) is 3.53. The van der Waals surface area contributed by atoms with Gasteiger partial charge in [0.1, 0.15) is 0 Å². The number of hydrogen-bond acceptors (Lipinski definition) is 4. The monoisotopic (exact) mass is 282 g/mol. The number of rotatable bonds is 5. The Morgan fingerprint density at radius 3 is 2.26 bits per heavy atom. The third-order valence-electron chi connectivity index (χ3n) is 3.05. The average Bonchev–Trinajstić information content (AvgIpc) is 2.38. The van der Waals surface area contributed by atoms with Crippen molar-refractivity contribution in [3.05, 3.63) is 29.8 Å². The molecule has 1 aromatic rings. The van der Waals surface area contributed by atoms with Crippen LogP contribution in [0.4, 0.5) is 0 Å². The van der Waals surface area contributed by atoms with E-state index in [0.717, 1.165) is 0 Å². The highest BCUT2D eigenvalue weighted by Crippen LogP contribution is 2.20. The van der Waals surface area contributed by atoms with Gasteiger partial charge in [0.25, 0.3) is 0 Å². The molecule has 0 aliphatic heterocycles. The first-order chi connectivity index (χ1) is 8.80. The minimum atomic E-state index is -3.60. The predicted molar refractivity (Wildman–Crippen MR) is 71.7 cm³/mol. The third-order valence-corrected chi connectivity index (χ3v) is 5.03. The second-order valence-corrected chi connectivity index (χ2v) is 6.48. The summed E-state index contributed by atoms with van der Waals surface area (Å²) in [5.41, 5.74) is 0.659. The van der Waals surface area contributed by atoms with Crippen LogP contribution in [0.1, 0.15) is 31.9 Å². The van der Waals surface area contributed by atoms with Crippen LogP contribution in [-0.2, 0) is 10.0 Å². The Labute approximate surface area is 114 Å². The van der Waals surface area contributed by atoms with Crippen LogP contribution in [-0.4, -0.2) is 30.9 Å². The van der Waals surface area contributed by atoms with Crippen molar-refractivity contribution >= 4 is 10.0 Å². The molecule has 0 amide bonds. The van der Waals surface area contributed by atoms with Crippen molar-refractivity contribution in [1.82, 2.24) is 4.31 Å². The van der Waals surface area contributed by atoms with Gasteiger partial charge in [-0.15, -0.1) is 0 Å². The molecular formula is C13H18N2O3S. The fourth-order valence-corrected chi connectivity index (χ4v) is 2.94. The normalized spacial score (nSPS) is 14.9. The highest BCUT2D eigenvalue weighted by molar-refractivity contribution is 7.89. The summed E-state index contributed by atoms with van der Waals surface area (Å²) in [6.07, 6.45) is -0.492. The molecule has 0 saturated carbocycles. The molecule has 0 saturated heterocycles. The van der Waals surface area contributed by atoms with E-state index in [2.05, 4.69) is 0 Å². The summed E-state index contributed by atoms with van der Waals surface area (Å²) in [6.45, 7) is 3.30. The maximum absolute atomic E-state index is 12.3. The molecule has 104 valence electrons. The molecule has 0 radical (unpaired) electrons. The number of sulfonamides is 1. The standard InChI is InChI=1S/C13H18N2O3S/c1-10(8-9-14)15(3)19(17,18)13-6-4-12(5-7-13)11(2)16/h4-7,10-11,16H,8H2,1-3H3. The zero-order valence-electron chi connectivity index (χ0n) is 11.2. The molecule has 2 atom stereocenters. The van der Waals surface area contributed by atoms with Gasteiger partial charge in [-0.3, -0.25) is 0 Å². The van der Waals surface area contributed by atoms with Crippen LogP contribution < -0.4 is 0 Å². The molecule has 1 N–H and O–H groups in total. The summed E-state index contributed by atoms with van der Waals surface area (Å²) < 4.78 is 25.8. The zero-order valence-corrected chi connectivity index (χ0v) is 12.1. The lowest BCUT2D eigenvalue weighted by atomic mass is 10.1. The minimum absolute atomic E-state index is 0.140. The number of hydrogen-bond donors (Lipinski definition) is 1. The van der Waals surface area contributed by atoms with Crippen LogP contribution >= 0.6 is 0 Å². The molecule has 19 heavy (non-hydrogen) atoms. The number of nitrogens with zero attached hydrogens (tertiary/aromatic N) is 2. The summed E-state index contributed by atoms with van der Waals surface area (Å²) in [4.78, 5) is 0.157. The quantitative estimate of drug-likeness (QED) is 0.890. The van der Waals surface area contributed by atoms with Gasteiger partial charge in [0.05, 0.1) is 23.5 Å². The predicted octanol–water partition coefficient (Wildman–Crippen LogP) is 1.66. The van der Waals surface area contributed by atoms with Gasteiger partial charge >= 0.3 is 0 Å². The van der Waals surface area contributed by atoms with E-state index >= 15 is 0 Å². The van der Waals surface area contributed by atoms with Crippen molar-refractivity contribution < 1.29 is 13.5 Å². The first-order valence-corrected chi connectivity index (χ1v) is 7.37. The molecule has 0 aliphatic carbocycles. The van der Waals surface area contributed by atoms with Crippen LogP contribution in [0.15, 0.2) is 29.2 Å².